The molecular formula is C33H56O. The summed E-state index contributed by atoms with van der Waals surface area (Å²) in [5.74, 6) is 4.86. The quantitative estimate of drug-likeness (QED) is 0.401. The highest BCUT2D eigenvalue weighted by atomic mass is 16.1. The molecule has 0 amide bonds. The van der Waals surface area contributed by atoms with E-state index >= 15 is 0 Å². The first-order valence-electron chi connectivity index (χ1n) is 15.7. The third kappa shape index (κ3) is 2.88. The van der Waals surface area contributed by atoms with Crippen molar-refractivity contribution in [1.29, 1.82) is 0 Å². The molecule has 5 rings (SSSR count). The molecule has 0 radical (unpaired) electrons. The van der Waals surface area contributed by atoms with Crippen molar-refractivity contribution in [3.05, 3.63) is 0 Å². The molecule has 0 aromatic heterocycles. The average molecular weight is 469 g/mol. The van der Waals surface area contributed by atoms with Crippen LogP contribution >= 0.6 is 0 Å². The Morgan fingerprint density at radius 3 is 2.15 bits per heavy atom. The second kappa shape index (κ2) is 8.34. The topological polar surface area (TPSA) is 17.1 Å². The molecule has 5 aliphatic rings. The van der Waals surface area contributed by atoms with Crippen LogP contribution in [0.15, 0.2) is 0 Å². The fourth-order valence-electron chi connectivity index (χ4n) is 13.2. The maximum absolute atomic E-state index is 13.4. The Morgan fingerprint density at radius 1 is 0.765 bits per heavy atom. The van der Waals surface area contributed by atoms with E-state index in [2.05, 4.69) is 48.5 Å². The first kappa shape index (κ1) is 25.3. The molecule has 1 nitrogen and oxygen atoms in total. The molecule has 0 N–H and O–H groups in total. The summed E-state index contributed by atoms with van der Waals surface area (Å²) >= 11 is 0. The van der Waals surface area contributed by atoms with E-state index in [1.165, 1.54) is 77.0 Å². The van der Waals surface area contributed by atoms with Gasteiger partial charge in [0.25, 0.3) is 0 Å². The summed E-state index contributed by atoms with van der Waals surface area (Å²) in [6, 6.07) is 0. The van der Waals surface area contributed by atoms with Crippen molar-refractivity contribution in [3.63, 3.8) is 0 Å². The van der Waals surface area contributed by atoms with Gasteiger partial charge in [0.2, 0.25) is 0 Å². The highest BCUT2D eigenvalue weighted by Gasteiger charge is 2.71. The lowest BCUT2D eigenvalue weighted by Gasteiger charge is -2.74. The van der Waals surface area contributed by atoms with Crippen LogP contribution in [0.25, 0.3) is 0 Å². The van der Waals surface area contributed by atoms with Crippen LogP contribution < -0.4 is 0 Å². The monoisotopic (exact) mass is 468 g/mol. The van der Waals surface area contributed by atoms with Crippen LogP contribution in [-0.4, -0.2) is 5.78 Å². The SMILES string of the molecule is CCC12CCCC(C)C1C1CCC3C4(C)CCC(=O)C(CC)(CC)C4CCC3(C)C1(CC)CC2. The van der Waals surface area contributed by atoms with Gasteiger partial charge >= 0.3 is 0 Å². The maximum atomic E-state index is 13.4. The van der Waals surface area contributed by atoms with Gasteiger partial charge in [-0.15, -0.1) is 0 Å². The lowest BCUT2D eigenvalue weighted by Crippen LogP contribution is -2.68. The first-order valence-corrected chi connectivity index (χ1v) is 15.7. The summed E-state index contributed by atoms with van der Waals surface area (Å²) in [6.07, 6.45) is 20.0. The number of ketones is 1. The summed E-state index contributed by atoms with van der Waals surface area (Å²) in [7, 11) is 0. The lowest BCUT2D eigenvalue weighted by atomic mass is 9.30. The third-order valence-corrected chi connectivity index (χ3v) is 14.8. The zero-order valence-electron chi connectivity index (χ0n) is 23.9. The van der Waals surface area contributed by atoms with E-state index in [0.717, 1.165) is 42.9 Å². The van der Waals surface area contributed by atoms with Crippen LogP contribution in [0.5, 0.6) is 0 Å². The third-order valence-electron chi connectivity index (χ3n) is 14.8. The number of carbonyl (C=O) groups excluding carboxylic acids is 1. The van der Waals surface area contributed by atoms with Gasteiger partial charge < -0.3 is 0 Å². The summed E-state index contributed by atoms with van der Waals surface area (Å²) in [5.41, 5.74) is 1.95. The zero-order valence-corrected chi connectivity index (χ0v) is 23.9. The molecule has 9 unspecified atom stereocenters. The van der Waals surface area contributed by atoms with Gasteiger partial charge in [0.05, 0.1) is 0 Å². The molecule has 34 heavy (non-hydrogen) atoms. The molecular weight excluding hydrogens is 412 g/mol. The summed E-state index contributed by atoms with van der Waals surface area (Å²) < 4.78 is 0. The molecule has 0 spiro atoms. The smallest absolute Gasteiger partial charge is 0.139 e. The fraction of sp³-hybridized carbons (Fsp3) is 0.970. The Morgan fingerprint density at radius 2 is 1.50 bits per heavy atom. The Bertz CT molecular complexity index is 794. The molecule has 5 saturated carbocycles. The highest BCUT2D eigenvalue weighted by Crippen LogP contribution is 2.78. The van der Waals surface area contributed by atoms with Gasteiger partial charge in [-0.25, -0.2) is 0 Å². The van der Waals surface area contributed by atoms with Crippen LogP contribution in [0.1, 0.15) is 145 Å². The molecule has 0 bridgehead atoms. The maximum Gasteiger partial charge on any atom is 0.139 e. The summed E-state index contributed by atoms with van der Waals surface area (Å²) in [6.45, 7) is 17.8. The molecule has 0 aliphatic heterocycles. The van der Waals surface area contributed by atoms with Crippen LogP contribution in [0.2, 0.25) is 0 Å². The number of hydrogen-bond donors (Lipinski definition) is 0. The minimum atomic E-state index is -0.0353. The molecule has 9 atom stereocenters. The molecule has 5 aliphatic carbocycles. The standard InChI is InChI=1S/C33H56O/c1-8-31-18-12-13-23(5)28(31)24-14-15-25-29(6)19-17-27(34)32(9-2,10-3)26(29)16-20-30(25,7)33(24,11-4)22-21-31/h23-26,28H,8-22H2,1-7H3. The average Bonchev–Trinajstić information content (AvgIpc) is 2.84. The van der Waals surface area contributed by atoms with Gasteiger partial charge in [0.15, 0.2) is 0 Å². The first-order chi connectivity index (χ1) is 16.1. The molecule has 194 valence electrons. The van der Waals surface area contributed by atoms with E-state index in [4.69, 9.17) is 0 Å². The van der Waals surface area contributed by atoms with E-state index in [0.29, 0.717) is 33.4 Å². The van der Waals surface area contributed by atoms with Crippen molar-refractivity contribution in [1.82, 2.24) is 0 Å². The number of carbonyl (C=O) groups is 1. The van der Waals surface area contributed by atoms with Gasteiger partial charge in [-0.2, -0.15) is 0 Å². The van der Waals surface area contributed by atoms with Gasteiger partial charge in [0.1, 0.15) is 5.78 Å². The Labute approximate surface area is 212 Å². The molecule has 0 heterocycles. The zero-order chi connectivity index (χ0) is 24.6. The number of hydrogen-bond acceptors (Lipinski definition) is 1. The van der Waals surface area contributed by atoms with Crippen molar-refractivity contribution in [2.45, 2.75) is 145 Å². The molecule has 0 saturated heterocycles. The van der Waals surface area contributed by atoms with E-state index in [-0.39, 0.29) is 5.41 Å². The number of fused-ring (bicyclic) bond motifs is 7. The van der Waals surface area contributed by atoms with Crippen LogP contribution in [-0.2, 0) is 4.79 Å². The van der Waals surface area contributed by atoms with Crippen molar-refractivity contribution >= 4 is 5.78 Å². The van der Waals surface area contributed by atoms with Gasteiger partial charge in [-0.1, -0.05) is 67.7 Å². The van der Waals surface area contributed by atoms with Crippen LogP contribution in [0, 0.1) is 56.7 Å². The number of rotatable bonds is 4. The molecule has 5 fully saturated rings. The largest absolute Gasteiger partial charge is 0.299 e. The molecule has 0 aromatic rings. The minimum absolute atomic E-state index is 0.0353. The van der Waals surface area contributed by atoms with Crippen molar-refractivity contribution in [3.8, 4) is 0 Å². The van der Waals surface area contributed by atoms with Crippen molar-refractivity contribution in [2.24, 2.45) is 56.7 Å². The fourth-order valence-corrected chi connectivity index (χ4v) is 13.2. The second-order valence-corrected chi connectivity index (χ2v) is 14.7. The molecule has 0 aromatic carbocycles. The second-order valence-electron chi connectivity index (χ2n) is 14.7. The van der Waals surface area contributed by atoms with Crippen molar-refractivity contribution in [2.75, 3.05) is 0 Å². The number of Topliss-reactive ketones (excluding diaryl/α,β-unsaturated/α-hetero) is 1. The predicted octanol–water partition coefficient (Wildman–Crippen LogP) is 9.63. The van der Waals surface area contributed by atoms with E-state index < -0.39 is 0 Å². The van der Waals surface area contributed by atoms with Crippen LogP contribution in [0.3, 0.4) is 0 Å². The normalized spacial score (nSPS) is 52.2. The van der Waals surface area contributed by atoms with Gasteiger partial charge in [-0.05, 0) is 122 Å². The Kier molecular flexibility index (Phi) is 6.21. The van der Waals surface area contributed by atoms with E-state index in [1.54, 1.807) is 0 Å². The van der Waals surface area contributed by atoms with Gasteiger partial charge in [-0.3, -0.25) is 4.79 Å². The summed E-state index contributed by atoms with van der Waals surface area (Å²) in [4.78, 5) is 13.4. The Hall–Kier alpha value is -0.330. The lowest BCUT2D eigenvalue weighted by molar-refractivity contribution is -0.253. The highest BCUT2D eigenvalue weighted by molar-refractivity contribution is 5.86. The van der Waals surface area contributed by atoms with E-state index in [9.17, 15) is 4.79 Å². The summed E-state index contributed by atoms with van der Waals surface area (Å²) in [5, 5.41) is 0. The van der Waals surface area contributed by atoms with Crippen molar-refractivity contribution < 1.29 is 4.79 Å². The van der Waals surface area contributed by atoms with E-state index in [1.807, 2.05) is 0 Å². The minimum Gasteiger partial charge on any atom is -0.299 e. The molecule has 1 heteroatoms. The Balaban J connectivity index is 1.58. The van der Waals surface area contributed by atoms with Crippen LogP contribution in [0.4, 0.5) is 0 Å². The van der Waals surface area contributed by atoms with Gasteiger partial charge in [0, 0.05) is 11.8 Å². The predicted molar refractivity (Wildman–Crippen MR) is 144 cm³/mol.